The van der Waals surface area contributed by atoms with Crippen LogP contribution in [0.1, 0.15) is 19.4 Å². The van der Waals surface area contributed by atoms with Gasteiger partial charge in [0.15, 0.2) is 11.6 Å². The molecule has 0 atom stereocenters. The van der Waals surface area contributed by atoms with Crippen molar-refractivity contribution < 1.29 is 19.0 Å². The lowest BCUT2D eigenvalue weighted by atomic mass is 10.1. The Morgan fingerprint density at radius 1 is 1.50 bits per heavy atom. The topological polar surface area (TPSA) is 58.6 Å². The maximum absolute atomic E-state index is 13.4. The summed E-state index contributed by atoms with van der Waals surface area (Å²) in [6.45, 7) is 3.35. The molecule has 1 amide bonds. The summed E-state index contributed by atoms with van der Waals surface area (Å²) in [5.41, 5.74) is -0.401. The molecule has 0 unspecified atom stereocenters. The van der Waals surface area contributed by atoms with Crippen molar-refractivity contribution in [2.45, 2.75) is 25.9 Å². The molecule has 0 fully saturated rings. The number of hydrogen-bond donors (Lipinski definition) is 2. The number of hydrogen-bond acceptors (Lipinski definition) is 3. The highest BCUT2D eigenvalue weighted by Gasteiger charge is 2.14. The van der Waals surface area contributed by atoms with Crippen LogP contribution in [0.25, 0.3) is 0 Å². The SMILES string of the molecule is COc1ccc(CC(=O)NCC(C)(C)O)cc1F. The fourth-order valence-corrected chi connectivity index (χ4v) is 1.38. The molecule has 1 aromatic rings. The molecule has 18 heavy (non-hydrogen) atoms. The normalized spacial score (nSPS) is 11.2. The van der Waals surface area contributed by atoms with Gasteiger partial charge in [0.05, 0.1) is 19.1 Å². The number of carbonyl (C=O) groups is 1. The summed E-state index contributed by atoms with van der Waals surface area (Å²) in [5.74, 6) is -0.609. The number of ether oxygens (including phenoxy) is 1. The largest absolute Gasteiger partial charge is 0.494 e. The minimum atomic E-state index is -0.958. The molecule has 100 valence electrons. The lowest BCUT2D eigenvalue weighted by Gasteiger charge is -2.17. The molecule has 0 saturated heterocycles. The minimum absolute atomic E-state index is 0.0665. The predicted molar refractivity (Wildman–Crippen MR) is 66.0 cm³/mol. The van der Waals surface area contributed by atoms with Crippen molar-refractivity contribution in [2.75, 3.05) is 13.7 Å². The second-order valence-corrected chi connectivity index (χ2v) is 4.73. The van der Waals surface area contributed by atoms with Crippen LogP contribution in [0.4, 0.5) is 4.39 Å². The van der Waals surface area contributed by atoms with Gasteiger partial charge in [0.2, 0.25) is 5.91 Å². The van der Waals surface area contributed by atoms with Crippen LogP contribution in [-0.2, 0) is 11.2 Å². The van der Waals surface area contributed by atoms with E-state index in [1.54, 1.807) is 19.9 Å². The van der Waals surface area contributed by atoms with Crippen molar-refractivity contribution in [1.29, 1.82) is 0 Å². The lowest BCUT2D eigenvalue weighted by molar-refractivity contribution is -0.121. The van der Waals surface area contributed by atoms with Gasteiger partial charge < -0.3 is 15.2 Å². The average molecular weight is 255 g/mol. The van der Waals surface area contributed by atoms with Gasteiger partial charge in [-0.3, -0.25) is 4.79 Å². The molecule has 0 aliphatic rings. The first-order valence-electron chi connectivity index (χ1n) is 5.63. The van der Waals surface area contributed by atoms with Crippen LogP contribution in [-0.4, -0.2) is 30.3 Å². The Bertz CT molecular complexity index is 427. The second kappa shape index (κ2) is 5.82. The summed E-state index contributed by atoms with van der Waals surface area (Å²) in [6, 6.07) is 4.38. The summed E-state index contributed by atoms with van der Waals surface area (Å²) in [5, 5.41) is 12.0. The summed E-state index contributed by atoms with van der Waals surface area (Å²) in [7, 11) is 1.38. The van der Waals surface area contributed by atoms with Crippen LogP contribution < -0.4 is 10.1 Å². The lowest BCUT2D eigenvalue weighted by Crippen LogP contribution is -2.38. The minimum Gasteiger partial charge on any atom is -0.494 e. The maximum Gasteiger partial charge on any atom is 0.224 e. The molecule has 2 N–H and O–H groups in total. The third-order valence-electron chi connectivity index (χ3n) is 2.30. The maximum atomic E-state index is 13.4. The number of nitrogens with one attached hydrogen (secondary N) is 1. The highest BCUT2D eigenvalue weighted by Crippen LogP contribution is 2.17. The molecule has 0 bridgehead atoms. The molecule has 1 rings (SSSR count). The van der Waals surface area contributed by atoms with Crippen LogP contribution in [0.15, 0.2) is 18.2 Å². The van der Waals surface area contributed by atoms with Gasteiger partial charge in [-0.15, -0.1) is 0 Å². The van der Waals surface area contributed by atoms with Crippen molar-refractivity contribution in [3.63, 3.8) is 0 Å². The monoisotopic (exact) mass is 255 g/mol. The number of methoxy groups -OCH3 is 1. The molecule has 0 aliphatic carbocycles. The van der Waals surface area contributed by atoms with E-state index in [0.29, 0.717) is 5.56 Å². The highest BCUT2D eigenvalue weighted by atomic mass is 19.1. The Balaban J connectivity index is 2.57. The Morgan fingerprint density at radius 2 is 2.17 bits per heavy atom. The molecule has 0 radical (unpaired) electrons. The summed E-state index contributed by atoms with van der Waals surface area (Å²) >= 11 is 0. The van der Waals surface area contributed by atoms with Gasteiger partial charge in [-0.05, 0) is 31.5 Å². The predicted octanol–water partition coefficient (Wildman–Crippen LogP) is 1.26. The van der Waals surface area contributed by atoms with Crippen LogP contribution >= 0.6 is 0 Å². The van der Waals surface area contributed by atoms with E-state index >= 15 is 0 Å². The summed E-state index contributed by atoms with van der Waals surface area (Å²) in [6.07, 6.45) is 0.0665. The van der Waals surface area contributed by atoms with Crippen molar-refractivity contribution >= 4 is 5.91 Å². The van der Waals surface area contributed by atoms with Gasteiger partial charge >= 0.3 is 0 Å². The molecule has 5 heteroatoms. The van der Waals surface area contributed by atoms with Crippen LogP contribution in [0, 0.1) is 5.82 Å². The van der Waals surface area contributed by atoms with Crippen molar-refractivity contribution in [2.24, 2.45) is 0 Å². The van der Waals surface area contributed by atoms with E-state index in [4.69, 9.17) is 4.74 Å². The first kappa shape index (κ1) is 14.4. The van der Waals surface area contributed by atoms with Gasteiger partial charge in [-0.2, -0.15) is 0 Å². The first-order chi connectivity index (χ1) is 8.31. The number of halogens is 1. The fourth-order valence-electron chi connectivity index (χ4n) is 1.38. The number of carbonyl (C=O) groups excluding carboxylic acids is 1. The van der Waals surface area contributed by atoms with E-state index in [9.17, 15) is 14.3 Å². The van der Waals surface area contributed by atoms with Gasteiger partial charge in [0.1, 0.15) is 0 Å². The first-order valence-corrected chi connectivity index (χ1v) is 5.63. The molecule has 0 spiro atoms. The van der Waals surface area contributed by atoms with E-state index in [0.717, 1.165) is 0 Å². The van der Waals surface area contributed by atoms with E-state index in [-0.39, 0.29) is 24.6 Å². The molecule has 4 nitrogen and oxygen atoms in total. The number of amides is 1. The summed E-state index contributed by atoms with van der Waals surface area (Å²) < 4.78 is 18.2. The van der Waals surface area contributed by atoms with Gasteiger partial charge in [0, 0.05) is 6.54 Å². The van der Waals surface area contributed by atoms with E-state index in [2.05, 4.69) is 5.32 Å². The Labute approximate surface area is 106 Å². The molecule has 0 aromatic heterocycles. The molecule has 0 heterocycles. The molecular formula is C13H18FNO3. The van der Waals surface area contributed by atoms with Crippen LogP contribution in [0.5, 0.6) is 5.75 Å². The van der Waals surface area contributed by atoms with Crippen LogP contribution in [0.3, 0.4) is 0 Å². The molecular weight excluding hydrogens is 237 g/mol. The number of benzene rings is 1. The fraction of sp³-hybridized carbons (Fsp3) is 0.462. The Kier molecular flexibility index (Phi) is 4.67. The van der Waals surface area contributed by atoms with Gasteiger partial charge in [-0.1, -0.05) is 6.07 Å². The van der Waals surface area contributed by atoms with Crippen molar-refractivity contribution in [1.82, 2.24) is 5.32 Å². The second-order valence-electron chi connectivity index (χ2n) is 4.73. The molecule has 0 saturated carbocycles. The number of aliphatic hydroxyl groups is 1. The van der Waals surface area contributed by atoms with Crippen LogP contribution in [0.2, 0.25) is 0 Å². The summed E-state index contributed by atoms with van der Waals surface area (Å²) in [4.78, 5) is 11.5. The van der Waals surface area contributed by atoms with Gasteiger partial charge in [-0.25, -0.2) is 4.39 Å². The van der Waals surface area contributed by atoms with Gasteiger partial charge in [0.25, 0.3) is 0 Å². The smallest absolute Gasteiger partial charge is 0.224 e. The Hall–Kier alpha value is -1.62. The highest BCUT2D eigenvalue weighted by molar-refractivity contribution is 5.78. The Morgan fingerprint density at radius 3 is 2.67 bits per heavy atom. The third kappa shape index (κ3) is 4.71. The standard InChI is InChI=1S/C13H18FNO3/c1-13(2,17)8-15-12(16)7-9-4-5-11(18-3)10(14)6-9/h4-6,17H,7-8H2,1-3H3,(H,15,16). The van der Waals surface area contributed by atoms with E-state index in [1.165, 1.54) is 19.2 Å². The molecule has 1 aromatic carbocycles. The zero-order valence-corrected chi connectivity index (χ0v) is 10.8. The molecule has 0 aliphatic heterocycles. The van der Waals surface area contributed by atoms with E-state index < -0.39 is 11.4 Å². The quantitative estimate of drug-likeness (QED) is 0.833. The third-order valence-corrected chi connectivity index (χ3v) is 2.30. The van der Waals surface area contributed by atoms with Crippen molar-refractivity contribution in [3.8, 4) is 5.75 Å². The average Bonchev–Trinajstić information content (AvgIpc) is 2.26. The van der Waals surface area contributed by atoms with Crippen molar-refractivity contribution in [3.05, 3.63) is 29.6 Å². The van der Waals surface area contributed by atoms with E-state index in [1.807, 2.05) is 0 Å². The zero-order chi connectivity index (χ0) is 13.8. The number of rotatable bonds is 5. The zero-order valence-electron chi connectivity index (χ0n) is 10.8.